The molecule has 0 radical (unpaired) electrons. The Morgan fingerprint density at radius 3 is 2.78 bits per heavy atom. The Morgan fingerprint density at radius 2 is 2.05 bits per heavy atom. The maximum absolute atomic E-state index is 13.4. The van der Waals surface area contributed by atoms with Crippen molar-refractivity contribution in [3.05, 3.63) is 58.7 Å². The molecular formula is C29H33N3O5. The van der Waals surface area contributed by atoms with Crippen LogP contribution in [0, 0.1) is 17.2 Å². The van der Waals surface area contributed by atoms with Gasteiger partial charge in [0.15, 0.2) is 0 Å². The SMILES string of the molecule is CCCC(C)NC(=O)c1ccc2c(c1)[C@]1(CCO2)C[C@H]1C(=O)Nc1cc(C#N)ccc1CCCC(=O)O. The largest absolute Gasteiger partial charge is 0.493 e. The molecule has 3 N–H and O–H groups in total. The highest BCUT2D eigenvalue weighted by Gasteiger charge is 2.61. The van der Waals surface area contributed by atoms with Gasteiger partial charge in [-0.05, 0) is 74.9 Å². The third-order valence-electron chi connectivity index (χ3n) is 7.41. The summed E-state index contributed by atoms with van der Waals surface area (Å²) in [5.74, 6) is -0.727. The van der Waals surface area contributed by atoms with Crippen LogP contribution in [0.1, 0.15) is 79.4 Å². The van der Waals surface area contributed by atoms with E-state index in [1.807, 2.05) is 19.1 Å². The van der Waals surface area contributed by atoms with Gasteiger partial charge >= 0.3 is 5.97 Å². The molecule has 1 unspecified atom stereocenters. The van der Waals surface area contributed by atoms with Crippen LogP contribution in [0.3, 0.4) is 0 Å². The van der Waals surface area contributed by atoms with Crippen molar-refractivity contribution in [2.24, 2.45) is 5.92 Å². The summed E-state index contributed by atoms with van der Waals surface area (Å²) < 4.78 is 5.87. The summed E-state index contributed by atoms with van der Waals surface area (Å²) in [6.07, 6.45) is 4.16. The number of fused-ring (bicyclic) bond motifs is 2. The normalized spacial score (nSPS) is 20.2. The fraction of sp³-hybridized carbons (Fsp3) is 0.448. The minimum absolute atomic E-state index is 0.0308. The van der Waals surface area contributed by atoms with E-state index in [-0.39, 0.29) is 35.6 Å². The molecule has 3 atom stereocenters. The van der Waals surface area contributed by atoms with Crippen LogP contribution < -0.4 is 15.4 Å². The second-order valence-corrected chi connectivity index (χ2v) is 10.1. The van der Waals surface area contributed by atoms with Gasteiger partial charge in [-0.25, -0.2) is 0 Å². The molecular weight excluding hydrogens is 470 g/mol. The number of benzene rings is 2. The van der Waals surface area contributed by atoms with Gasteiger partial charge in [-0.2, -0.15) is 5.26 Å². The number of ether oxygens (including phenoxy) is 1. The molecule has 8 nitrogen and oxygen atoms in total. The molecule has 0 saturated heterocycles. The van der Waals surface area contributed by atoms with E-state index in [4.69, 9.17) is 9.84 Å². The maximum Gasteiger partial charge on any atom is 0.303 e. The van der Waals surface area contributed by atoms with Gasteiger partial charge in [-0.1, -0.05) is 19.4 Å². The summed E-state index contributed by atoms with van der Waals surface area (Å²) in [5, 5.41) is 24.3. The van der Waals surface area contributed by atoms with Crippen molar-refractivity contribution >= 4 is 23.5 Å². The zero-order chi connectivity index (χ0) is 26.6. The van der Waals surface area contributed by atoms with Crippen molar-refractivity contribution in [3.63, 3.8) is 0 Å². The van der Waals surface area contributed by atoms with Gasteiger partial charge in [0, 0.05) is 40.6 Å². The highest BCUT2D eigenvalue weighted by molar-refractivity contribution is 5.98. The minimum Gasteiger partial charge on any atom is -0.493 e. The molecule has 0 bridgehead atoms. The van der Waals surface area contributed by atoms with E-state index in [0.29, 0.717) is 54.9 Å². The van der Waals surface area contributed by atoms with Crippen molar-refractivity contribution in [2.45, 2.75) is 70.3 Å². The van der Waals surface area contributed by atoms with Crippen molar-refractivity contribution < 1.29 is 24.2 Å². The first kappa shape index (κ1) is 26.2. The van der Waals surface area contributed by atoms with Crippen LogP contribution in [-0.2, 0) is 21.4 Å². The minimum atomic E-state index is -0.870. The number of hydrogen-bond donors (Lipinski definition) is 3. The van der Waals surface area contributed by atoms with Gasteiger partial charge in [0.1, 0.15) is 5.75 Å². The van der Waals surface area contributed by atoms with Crippen LogP contribution in [0.4, 0.5) is 5.69 Å². The Balaban J connectivity index is 1.53. The number of carboxylic acid groups (broad SMARTS) is 1. The van der Waals surface area contributed by atoms with E-state index in [1.165, 1.54) is 0 Å². The van der Waals surface area contributed by atoms with Crippen molar-refractivity contribution in [1.82, 2.24) is 5.32 Å². The van der Waals surface area contributed by atoms with E-state index >= 15 is 0 Å². The molecule has 4 rings (SSSR count). The zero-order valence-corrected chi connectivity index (χ0v) is 21.3. The van der Waals surface area contributed by atoms with Crippen molar-refractivity contribution in [2.75, 3.05) is 11.9 Å². The lowest BCUT2D eigenvalue weighted by molar-refractivity contribution is -0.137. The number of anilines is 1. The third-order valence-corrected chi connectivity index (χ3v) is 7.41. The standard InChI is InChI=1S/C29H33N3O5/c1-3-5-18(2)31-27(35)21-10-11-25-22(15-21)29(12-13-37-25)16-23(29)28(36)32-24-14-19(17-30)8-9-20(24)6-4-7-26(33)34/h8-11,14-15,18,23H,3-7,12-13,16H2,1-2H3,(H,31,35)(H,32,36)(H,33,34)/t18?,23-,29-/m0/s1. The molecule has 37 heavy (non-hydrogen) atoms. The molecule has 2 aromatic rings. The quantitative estimate of drug-likeness (QED) is 0.436. The number of carbonyl (C=O) groups is 3. The van der Waals surface area contributed by atoms with Crippen molar-refractivity contribution in [1.29, 1.82) is 5.26 Å². The number of carbonyl (C=O) groups excluding carboxylic acids is 2. The summed E-state index contributed by atoms with van der Waals surface area (Å²) in [5.41, 5.74) is 2.83. The monoisotopic (exact) mass is 503 g/mol. The van der Waals surface area contributed by atoms with Crippen LogP contribution >= 0.6 is 0 Å². The fourth-order valence-corrected chi connectivity index (χ4v) is 5.33. The first-order valence-corrected chi connectivity index (χ1v) is 12.9. The molecule has 194 valence electrons. The molecule has 1 aliphatic heterocycles. The summed E-state index contributed by atoms with van der Waals surface area (Å²) in [7, 11) is 0. The first-order valence-electron chi connectivity index (χ1n) is 12.9. The number of aliphatic carboxylic acids is 1. The van der Waals surface area contributed by atoms with Gasteiger partial charge < -0.3 is 20.5 Å². The molecule has 8 heteroatoms. The number of nitriles is 1. The van der Waals surface area contributed by atoms with Gasteiger partial charge in [0.25, 0.3) is 5.91 Å². The predicted molar refractivity (Wildman–Crippen MR) is 139 cm³/mol. The number of aryl methyl sites for hydroxylation is 1. The molecule has 0 aromatic heterocycles. The summed E-state index contributed by atoms with van der Waals surface area (Å²) >= 11 is 0. The second-order valence-electron chi connectivity index (χ2n) is 10.1. The first-order chi connectivity index (χ1) is 17.8. The van der Waals surface area contributed by atoms with Gasteiger partial charge in [0.2, 0.25) is 5.91 Å². The lowest BCUT2D eigenvalue weighted by atomic mass is 9.86. The van der Waals surface area contributed by atoms with E-state index in [2.05, 4.69) is 23.6 Å². The number of amides is 2. The number of nitrogens with one attached hydrogen (secondary N) is 2. The Bertz CT molecular complexity index is 1250. The third kappa shape index (κ3) is 5.77. The Labute approximate surface area is 217 Å². The maximum atomic E-state index is 13.4. The molecule has 1 aliphatic carbocycles. The molecule has 1 saturated carbocycles. The smallest absolute Gasteiger partial charge is 0.303 e. The summed E-state index contributed by atoms with van der Waals surface area (Å²) in [6, 6.07) is 12.7. The molecule has 2 amide bonds. The number of rotatable bonds is 10. The van der Waals surface area contributed by atoms with Crippen LogP contribution in [0.5, 0.6) is 5.75 Å². The Hall–Kier alpha value is -3.86. The average molecular weight is 504 g/mol. The fourth-order valence-electron chi connectivity index (χ4n) is 5.33. The van der Waals surface area contributed by atoms with Gasteiger partial charge in [-0.3, -0.25) is 14.4 Å². The van der Waals surface area contributed by atoms with E-state index in [9.17, 15) is 19.6 Å². The Kier molecular flexibility index (Phi) is 7.82. The number of carboxylic acids is 1. The zero-order valence-electron chi connectivity index (χ0n) is 21.3. The summed E-state index contributed by atoms with van der Waals surface area (Å²) in [4.78, 5) is 37.2. The lowest BCUT2D eigenvalue weighted by Crippen LogP contribution is -2.33. The Morgan fingerprint density at radius 1 is 1.24 bits per heavy atom. The molecule has 1 heterocycles. The topological polar surface area (TPSA) is 129 Å². The molecule has 2 aromatic carbocycles. The van der Waals surface area contributed by atoms with E-state index in [1.54, 1.807) is 24.3 Å². The molecule has 2 aliphatic rings. The highest BCUT2D eigenvalue weighted by atomic mass is 16.5. The van der Waals surface area contributed by atoms with E-state index < -0.39 is 5.97 Å². The van der Waals surface area contributed by atoms with E-state index in [0.717, 1.165) is 24.0 Å². The van der Waals surface area contributed by atoms with Crippen LogP contribution in [0.15, 0.2) is 36.4 Å². The number of nitrogens with zero attached hydrogens (tertiary/aromatic N) is 1. The van der Waals surface area contributed by atoms with Gasteiger partial charge in [-0.15, -0.1) is 0 Å². The summed E-state index contributed by atoms with van der Waals surface area (Å²) in [6.45, 7) is 4.57. The predicted octanol–water partition coefficient (Wildman–Crippen LogP) is 4.56. The van der Waals surface area contributed by atoms with Gasteiger partial charge in [0.05, 0.1) is 18.2 Å². The highest BCUT2D eigenvalue weighted by Crippen LogP contribution is 2.61. The number of hydrogen-bond acceptors (Lipinski definition) is 5. The van der Waals surface area contributed by atoms with Crippen LogP contribution in [0.2, 0.25) is 0 Å². The average Bonchev–Trinajstić information content (AvgIpc) is 3.59. The molecule has 1 fully saturated rings. The lowest BCUT2D eigenvalue weighted by Gasteiger charge is -2.27. The van der Waals surface area contributed by atoms with Crippen LogP contribution in [0.25, 0.3) is 0 Å². The van der Waals surface area contributed by atoms with Crippen LogP contribution in [-0.4, -0.2) is 35.5 Å². The van der Waals surface area contributed by atoms with Crippen molar-refractivity contribution in [3.8, 4) is 11.8 Å². The second kappa shape index (κ2) is 11.0. The molecule has 1 spiro atoms.